The van der Waals surface area contributed by atoms with E-state index in [1.807, 2.05) is 20.0 Å². The summed E-state index contributed by atoms with van der Waals surface area (Å²) in [6.07, 6.45) is 2.31. The molecule has 0 saturated heterocycles. The molecule has 1 N–H and O–H groups in total. The molecule has 0 saturated carbocycles. The minimum atomic E-state index is 0.774. The van der Waals surface area contributed by atoms with Gasteiger partial charge >= 0.3 is 0 Å². The van der Waals surface area contributed by atoms with Gasteiger partial charge < -0.3 is 15.1 Å². The normalized spacial score (nSPS) is 10.6. The third kappa shape index (κ3) is 5.34. The highest BCUT2D eigenvalue weighted by Crippen LogP contribution is 2.22. The summed E-state index contributed by atoms with van der Waals surface area (Å²) in [4.78, 5) is 13.7. The molecule has 0 atom stereocenters. The van der Waals surface area contributed by atoms with Crippen molar-refractivity contribution in [3.05, 3.63) is 36.0 Å². The molecule has 1 aromatic heterocycles. The number of aryl methyl sites for hydroxylation is 1. The Morgan fingerprint density at radius 2 is 1.68 bits per heavy atom. The molecular weight excluding hydrogens is 310 g/mol. The van der Waals surface area contributed by atoms with E-state index in [0.717, 1.165) is 49.2 Å². The molecule has 0 aliphatic heterocycles. The van der Waals surface area contributed by atoms with Crippen LogP contribution in [0.4, 0.5) is 23.1 Å². The summed E-state index contributed by atoms with van der Waals surface area (Å²) in [5.41, 5.74) is 3.25. The average molecular weight is 342 g/mol. The van der Waals surface area contributed by atoms with Gasteiger partial charge in [-0.15, -0.1) is 0 Å². The van der Waals surface area contributed by atoms with Crippen LogP contribution in [0.15, 0.2) is 30.3 Å². The maximum absolute atomic E-state index is 4.66. The highest BCUT2D eigenvalue weighted by Gasteiger charge is 2.08. The molecule has 0 amide bonds. The summed E-state index contributed by atoms with van der Waals surface area (Å²) in [5.74, 6) is 1.61. The van der Waals surface area contributed by atoms with E-state index >= 15 is 0 Å². The molecule has 0 aliphatic carbocycles. The fraction of sp³-hybridized carbons (Fsp3) is 0.500. The van der Waals surface area contributed by atoms with E-state index in [1.54, 1.807) is 0 Å². The molecule has 0 aliphatic rings. The Morgan fingerprint density at radius 1 is 1.00 bits per heavy atom. The lowest BCUT2D eigenvalue weighted by Crippen LogP contribution is -2.21. The van der Waals surface area contributed by atoms with Crippen molar-refractivity contribution in [1.29, 1.82) is 0 Å². The van der Waals surface area contributed by atoms with Gasteiger partial charge in [0.2, 0.25) is 5.95 Å². The van der Waals surface area contributed by atoms with Crippen molar-refractivity contribution >= 4 is 23.1 Å². The van der Waals surface area contributed by atoms with Gasteiger partial charge in [0.25, 0.3) is 0 Å². The van der Waals surface area contributed by atoms with Crippen LogP contribution in [0.1, 0.15) is 39.3 Å². The topological polar surface area (TPSA) is 44.3 Å². The lowest BCUT2D eigenvalue weighted by atomic mass is 10.2. The van der Waals surface area contributed by atoms with Gasteiger partial charge in [-0.1, -0.05) is 13.3 Å². The lowest BCUT2D eigenvalue weighted by molar-refractivity contribution is 0.749. The summed E-state index contributed by atoms with van der Waals surface area (Å²) in [5, 5.41) is 3.40. The molecule has 2 rings (SSSR count). The fourth-order valence-electron chi connectivity index (χ4n) is 2.78. The molecule has 0 unspecified atom stereocenters. The van der Waals surface area contributed by atoms with Crippen molar-refractivity contribution in [2.75, 3.05) is 41.8 Å². The molecule has 25 heavy (non-hydrogen) atoms. The quantitative estimate of drug-likeness (QED) is 0.721. The summed E-state index contributed by atoms with van der Waals surface area (Å²) in [6, 6.07) is 10.5. The largest absolute Gasteiger partial charge is 0.372 e. The molecule has 5 nitrogen and oxygen atoms in total. The summed E-state index contributed by atoms with van der Waals surface area (Å²) < 4.78 is 0. The number of anilines is 4. The van der Waals surface area contributed by atoms with Gasteiger partial charge in [0.15, 0.2) is 0 Å². The van der Waals surface area contributed by atoms with Gasteiger partial charge in [0.1, 0.15) is 5.82 Å². The summed E-state index contributed by atoms with van der Waals surface area (Å²) in [7, 11) is 2.05. The van der Waals surface area contributed by atoms with Crippen LogP contribution in [-0.2, 0) is 0 Å². The van der Waals surface area contributed by atoms with Crippen LogP contribution in [0.2, 0.25) is 0 Å². The molecule has 136 valence electrons. The summed E-state index contributed by atoms with van der Waals surface area (Å²) in [6.45, 7) is 11.6. The highest BCUT2D eigenvalue weighted by molar-refractivity contribution is 5.61. The lowest BCUT2D eigenvalue weighted by Gasteiger charge is -2.21. The van der Waals surface area contributed by atoms with Crippen LogP contribution < -0.4 is 15.1 Å². The first-order valence-corrected chi connectivity index (χ1v) is 9.26. The Bertz CT molecular complexity index is 650. The molecule has 1 aromatic carbocycles. The van der Waals surface area contributed by atoms with Crippen molar-refractivity contribution in [3.8, 4) is 0 Å². The zero-order valence-electron chi connectivity index (χ0n) is 16.2. The third-order valence-electron chi connectivity index (χ3n) is 4.30. The zero-order chi connectivity index (χ0) is 18.2. The van der Waals surface area contributed by atoms with Crippen LogP contribution in [-0.4, -0.2) is 36.6 Å². The van der Waals surface area contributed by atoms with Gasteiger partial charge in [-0.3, -0.25) is 0 Å². The fourth-order valence-corrected chi connectivity index (χ4v) is 2.78. The number of nitrogens with one attached hydrogen (secondary N) is 1. The molecule has 0 spiro atoms. The smallest absolute Gasteiger partial charge is 0.227 e. The minimum Gasteiger partial charge on any atom is -0.372 e. The number of nitrogens with zero attached hydrogens (tertiary/aromatic N) is 4. The van der Waals surface area contributed by atoms with E-state index in [4.69, 9.17) is 0 Å². The Balaban J connectivity index is 2.13. The molecule has 2 aromatic rings. The predicted octanol–water partition coefficient (Wildman–Crippen LogP) is 4.61. The van der Waals surface area contributed by atoms with Gasteiger partial charge in [-0.05, 0) is 51.5 Å². The number of rotatable bonds is 9. The molecule has 0 radical (unpaired) electrons. The SMILES string of the molecule is CCCCN(C)c1nc(C)cc(Nc2ccc(N(CC)CC)cc2)n1. The van der Waals surface area contributed by atoms with E-state index in [-0.39, 0.29) is 0 Å². The average Bonchev–Trinajstić information content (AvgIpc) is 2.61. The van der Waals surface area contributed by atoms with Gasteiger partial charge in [0, 0.05) is 49.8 Å². The van der Waals surface area contributed by atoms with E-state index in [0.29, 0.717) is 0 Å². The maximum Gasteiger partial charge on any atom is 0.227 e. The van der Waals surface area contributed by atoms with Crippen LogP contribution in [0.5, 0.6) is 0 Å². The van der Waals surface area contributed by atoms with Crippen molar-refractivity contribution in [1.82, 2.24) is 9.97 Å². The van der Waals surface area contributed by atoms with Gasteiger partial charge in [-0.2, -0.15) is 4.98 Å². The first-order valence-electron chi connectivity index (χ1n) is 9.26. The molecule has 0 fully saturated rings. The molecular formula is C20H31N5. The number of aromatic nitrogens is 2. The van der Waals surface area contributed by atoms with Gasteiger partial charge in [-0.25, -0.2) is 4.98 Å². The Labute approximate surface area is 152 Å². The number of benzene rings is 1. The van der Waals surface area contributed by atoms with Crippen molar-refractivity contribution in [3.63, 3.8) is 0 Å². The highest BCUT2D eigenvalue weighted by atomic mass is 15.2. The standard InChI is InChI=1S/C20H31N5/c1-6-9-14-24(5)20-21-16(4)15-19(23-20)22-17-10-12-18(13-11-17)25(7-2)8-3/h10-13,15H,6-9,14H2,1-5H3,(H,21,22,23). The number of hydrogen-bond donors (Lipinski definition) is 1. The predicted molar refractivity (Wildman–Crippen MR) is 108 cm³/mol. The first-order chi connectivity index (χ1) is 12.1. The first kappa shape index (κ1) is 19.0. The van der Waals surface area contributed by atoms with Gasteiger partial charge in [0.05, 0.1) is 0 Å². The Morgan fingerprint density at radius 3 is 2.28 bits per heavy atom. The second-order valence-electron chi connectivity index (χ2n) is 6.31. The monoisotopic (exact) mass is 341 g/mol. The van der Waals surface area contributed by atoms with Crippen molar-refractivity contribution in [2.45, 2.75) is 40.5 Å². The maximum atomic E-state index is 4.66. The Kier molecular flexibility index (Phi) is 7.04. The number of hydrogen-bond acceptors (Lipinski definition) is 5. The molecule has 1 heterocycles. The van der Waals surface area contributed by atoms with Crippen LogP contribution in [0.3, 0.4) is 0 Å². The van der Waals surface area contributed by atoms with Crippen molar-refractivity contribution in [2.24, 2.45) is 0 Å². The van der Waals surface area contributed by atoms with E-state index in [1.165, 1.54) is 12.1 Å². The van der Waals surface area contributed by atoms with Crippen LogP contribution >= 0.6 is 0 Å². The second kappa shape index (κ2) is 9.25. The van der Waals surface area contributed by atoms with E-state index in [9.17, 15) is 0 Å². The minimum absolute atomic E-state index is 0.774. The van der Waals surface area contributed by atoms with Crippen LogP contribution in [0.25, 0.3) is 0 Å². The van der Waals surface area contributed by atoms with Crippen LogP contribution in [0, 0.1) is 6.92 Å². The van der Waals surface area contributed by atoms with E-state index < -0.39 is 0 Å². The second-order valence-corrected chi connectivity index (χ2v) is 6.31. The van der Waals surface area contributed by atoms with Crippen molar-refractivity contribution < 1.29 is 0 Å². The third-order valence-corrected chi connectivity index (χ3v) is 4.30. The van der Waals surface area contributed by atoms with E-state index in [2.05, 4.69) is 70.1 Å². The summed E-state index contributed by atoms with van der Waals surface area (Å²) >= 11 is 0. The molecule has 5 heteroatoms. The Hall–Kier alpha value is -2.30. The molecule has 0 bridgehead atoms. The number of unbranched alkanes of at least 4 members (excludes halogenated alkanes) is 1. The zero-order valence-corrected chi connectivity index (χ0v) is 16.2.